The van der Waals surface area contributed by atoms with Crippen LogP contribution in [0.1, 0.15) is 37.4 Å². The van der Waals surface area contributed by atoms with Gasteiger partial charge in [-0.25, -0.2) is 4.98 Å². The van der Waals surface area contributed by atoms with E-state index in [0.717, 1.165) is 39.3 Å². The quantitative estimate of drug-likeness (QED) is 0.659. The van der Waals surface area contributed by atoms with E-state index in [4.69, 9.17) is 0 Å². The van der Waals surface area contributed by atoms with Crippen LogP contribution in [0, 0.1) is 25.7 Å². The molecule has 1 aliphatic rings. The van der Waals surface area contributed by atoms with Crippen molar-refractivity contribution in [1.29, 1.82) is 0 Å². The SMILES string of the molecule is Cc1csc(Sc2ccc(NC(=O)CC(C)C3CCCNC3)c(C)c2)n1.Cl. The van der Waals surface area contributed by atoms with Gasteiger partial charge in [-0.1, -0.05) is 18.7 Å². The Morgan fingerprint density at radius 1 is 1.44 bits per heavy atom. The molecule has 2 atom stereocenters. The average molecular weight is 426 g/mol. The molecule has 27 heavy (non-hydrogen) atoms. The highest BCUT2D eigenvalue weighted by Gasteiger charge is 2.22. The van der Waals surface area contributed by atoms with Crippen LogP contribution in [0.15, 0.2) is 32.8 Å². The number of benzene rings is 1. The standard InChI is InChI=1S/C20H27N3OS2.ClH/c1-13(16-5-4-8-21-11-16)10-19(24)23-18-7-6-17(9-14(18)2)26-20-22-15(3)12-25-20;/h6-7,9,12-13,16,21H,4-5,8,10-11H2,1-3H3,(H,23,24);1H. The molecule has 2 N–H and O–H groups in total. The van der Waals surface area contributed by atoms with Gasteiger partial charge in [0.15, 0.2) is 4.34 Å². The lowest BCUT2D eigenvalue weighted by Crippen LogP contribution is -2.34. The molecule has 1 saturated heterocycles. The lowest BCUT2D eigenvalue weighted by molar-refractivity contribution is -0.117. The number of hydrogen-bond acceptors (Lipinski definition) is 5. The van der Waals surface area contributed by atoms with Crippen LogP contribution in [-0.4, -0.2) is 24.0 Å². The van der Waals surface area contributed by atoms with Gasteiger partial charge < -0.3 is 10.6 Å². The summed E-state index contributed by atoms with van der Waals surface area (Å²) < 4.78 is 1.05. The molecule has 0 spiro atoms. The summed E-state index contributed by atoms with van der Waals surface area (Å²) in [6, 6.07) is 6.17. The minimum atomic E-state index is 0. The Bertz CT molecular complexity index is 759. The summed E-state index contributed by atoms with van der Waals surface area (Å²) in [5.41, 5.74) is 3.05. The highest BCUT2D eigenvalue weighted by Crippen LogP contribution is 2.32. The third kappa shape index (κ3) is 6.49. The Balaban J connectivity index is 0.00000261. The van der Waals surface area contributed by atoms with Gasteiger partial charge in [-0.3, -0.25) is 4.79 Å². The number of nitrogens with one attached hydrogen (secondary N) is 2. The number of aromatic nitrogens is 1. The number of anilines is 1. The summed E-state index contributed by atoms with van der Waals surface area (Å²) in [5.74, 6) is 1.13. The van der Waals surface area contributed by atoms with Gasteiger partial charge in [-0.15, -0.1) is 23.7 Å². The summed E-state index contributed by atoms with van der Waals surface area (Å²) in [4.78, 5) is 18.1. The smallest absolute Gasteiger partial charge is 0.224 e. The number of carbonyl (C=O) groups is 1. The summed E-state index contributed by atoms with van der Waals surface area (Å²) in [6.45, 7) is 8.39. The second kappa shape index (κ2) is 10.5. The van der Waals surface area contributed by atoms with Crippen LogP contribution in [0.2, 0.25) is 0 Å². The molecule has 0 radical (unpaired) electrons. The lowest BCUT2D eigenvalue weighted by atomic mass is 9.85. The number of piperidine rings is 1. The average Bonchev–Trinajstić information content (AvgIpc) is 3.03. The van der Waals surface area contributed by atoms with Gasteiger partial charge in [0.1, 0.15) is 0 Å². The van der Waals surface area contributed by atoms with Crippen molar-refractivity contribution in [3.63, 3.8) is 0 Å². The van der Waals surface area contributed by atoms with Gasteiger partial charge in [0.2, 0.25) is 5.91 Å². The van der Waals surface area contributed by atoms with Crippen molar-refractivity contribution < 1.29 is 4.79 Å². The first-order chi connectivity index (χ1) is 12.5. The lowest BCUT2D eigenvalue weighted by Gasteiger charge is -2.28. The van der Waals surface area contributed by atoms with E-state index < -0.39 is 0 Å². The first kappa shape index (κ1) is 22.2. The van der Waals surface area contributed by atoms with E-state index in [1.165, 1.54) is 12.8 Å². The molecule has 1 amide bonds. The van der Waals surface area contributed by atoms with Crippen LogP contribution in [0.3, 0.4) is 0 Å². The Labute approximate surface area is 176 Å². The number of thiazole rings is 1. The normalized spacial score (nSPS) is 17.8. The minimum absolute atomic E-state index is 0. The van der Waals surface area contributed by atoms with Crippen LogP contribution in [0.5, 0.6) is 0 Å². The van der Waals surface area contributed by atoms with Crippen molar-refractivity contribution in [2.45, 2.75) is 49.3 Å². The van der Waals surface area contributed by atoms with E-state index in [9.17, 15) is 4.79 Å². The number of amides is 1. The van der Waals surface area contributed by atoms with Crippen molar-refractivity contribution in [3.8, 4) is 0 Å². The summed E-state index contributed by atoms with van der Waals surface area (Å²) >= 11 is 3.33. The molecule has 1 aromatic heterocycles. The Morgan fingerprint density at radius 2 is 2.26 bits per heavy atom. The van der Waals surface area contributed by atoms with Crippen LogP contribution in [0.4, 0.5) is 5.69 Å². The number of halogens is 1. The van der Waals surface area contributed by atoms with Gasteiger partial charge in [-0.05, 0) is 75.4 Å². The molecule has 4 nitrogen and oxygen atoms in total. The molecule has 2 unspecified atom stereocenters. The number of carbonyl (C=O) groups excluding carboxylic acids is 1. The highest BCUT2D eigenvalue weighted by molar-refractivity contribution is 8.01. The van der Waals surface area contributed by atoms with Crippen molar-refractivity contribution >= 4 is 47.1 Å². The van der Waals surface area contributed by atoms with Crippen LogP contribution < -0.4 is 10.6 Å². The van der Waals surface area contributed by atoms with Gasteiger partial charge in [0.05, 0.1) is 0 Å². The second-order valence-electron chi connectivity index (χ2n) is 7.17. The van der Waals surface area contributed by atoms with Gasteiger partial charge >= 0.3 is 0 Å². The fourth-order valence-electron chi connectivity index (χ4n) is 3.34. The number of nitrogens with zero attached hydrogens (tertiary/aromatic N) is 1. The molecule has 3 rings (SSSR count). The van der Waals surface area contributed by atoms with Crippen LogP contribution >= 0.6 is 35.5 Å². The summed E-state index contributed by atoms with van der Waals surface area (Å²) in [6.07, 6.45) is 3.02. The summed E-state index contributed by atoms with van der Waals surface area (Å²) in [7, 11) is 0. The summed E-state index contributed by atoms with van der Waals surface area (Å²) in [5, 5.41) is 8.59. The third-order valence-corrected chi connectivity index (χ3v) is 6.97. The Hall–Kier alpha value is -1.08. The molecule has 0 bridgehead atoms. The topological polar surface area (TPSA) is 54.0 Å². The van der Waals surface area contributed by atoms with Crippen molar-refractivity contribution in [3.05, 3.63) is 34.8 Å². The van der Waals surface area contributed by atoms with E-state index in [0.29, 0.717) is 18.3 Å². The zero-order valence-electron chi connectivity index (χ0n) is 16.1. The van der Waals surface area contributed by atoms with Crippen LogP contribution in [0.25, 0.3) is 0 Å². The molecular weight excluding hydrogens is 398 g/mol. The van der Waals surface area contributed by atoms with E-state index >= 15 is 0 Å². The molecular formula is C20H28ClN3OS2. The molecule has 0 aliphatic carbocycles. The van der Waals surface area contributed by atoms with E-state index in [2.05, 4.69) is 40.1 Å². The molecule has 1 aromatic carbocycles. The number of rotatable bonds is 6. The van der Waals surface area contributed by atoms with Gasteiger partial charge in [0.25, 0.3) is 0 Å². The first-order valence-corrected chi connectivity index (χ1v) is 10.9. The first-order valence-electron chi connectivity index (χ1n) is 9.22. The predicted octanol–water partition coefficient (Wildman–Crippen LogP) is 5.30. The second-order valence-corrected chi connectivity index (χ2v) is 9.35. The highest BCUT2D eigenvalue weighted by atomic mass is 35.5. The van der Waals surface area contributed by atoms with Crippen molar-refractivity contribution in [2.24, 2.45) is 11.8 Å². The molecule has 0 saturated carbocycles. The van der Waals surface area contributed by atoms with Gasteiger partial charge in [-0.2, -0.15) is 0 Å². The molecule has 1 fully saturated rings. The van der Waals surface area contributed by atoms with Gasteiger partial charge in [0, 0.05) is 28.1 Å². The largest absolute Gasteiger partial charge is 0.326 e. The van der Waals surface area contributed by atoms with E-state index in [-0.39, 0.29) is 18.3 Å². The third-order valence-electron chi connectivity index (χ3n) is 4.92. The van der Waals surface area contributed by atoms with E-state index in [1.54, 1.807) is 23.1 Å². The molecule has 7 heteroatoms. The zero-order chi connectivity index (χ0) is 18.5. The van der Waals surface area contributed by atoms with Crippen molar-refractivity contribution in [1.82, 2.24) is 10.3 Å². The Morgan fingerprint density at radius 3 is 2.89 bits per heavy atom. The monoisotopic (exact) mass is 425 g/mol. The minimum Gasteiger partial charge on any atom is -0.326 e. The molecule has 148 valence electrons. The fourth-order valence-corrected chi connectivity index (χ4v) is 5.25. The predicted molar refractivity (Wildman–Crippen MR) is 117 cm³/mol. The molecule has 1 aliphatic heterocycles. The maximum Gasteiger partial charge on any atom is 0.224 e. The zero-order valence-corrected chi connectivity index (χ0v) is 18.5. The van der Waals surface area contributed by atoms with Crippen molar-refractivity contribution in [2.75, 3.05) is 18.4 Å². The Kier molecular flexibility index (Phi) is 8.61. The molecule has 2 heterocycles. The maximum atomic E-state index is 12.5. The fraction of sp³-hybridized carbons (Fsp3) is 0.500. The number of hydrogen-bond donors (Lipinski definition) is 2. The maximum absolute atomic E-state index is 12.5. The number of aryl methyl sites for hydroxylation is 2. The van der Waals surface area contributed by atoms with E-state index in [1.807, 2.05) is 19.9 Å². The van der Waals surface area contributed by atoms with Crippen LogP contribution in [-0.2, 0) is 4.79 Å². The molecule has 2 aromatic rings.